The molecule has 3 nitrogen and oxygen atoms in total. The Morgan fingerprint density at radius 1 is 1.26 bits per heavy atom. The Bertz CT molecular complexity index is 376. The van der Waals surface area contributed by atoms with Crippen molar-refractivity contribution in [3.63, 3.8) is 0 Å². The van der Waals surface area contributed by atoms with Crippen molar-refractivity contribution in [1.82, 2.24) is 10.2 Å². The second kappa shape index (κ2) is 6.51. The van der Waals surface area contributed by atoms with E-state index < -0.39 is 0 Å². The number of benzene rings is 1. The maximum absolute atomic E-state index is 5.93. The minimum atomic E-state index is 0.423. The molecule has 2 fully saturated rings. The Hall–Kier alpha value is -0.900. The summed E-state index contributed by atoms with van der Waals surface area (Å²) in [6.45, 7) is 6.41. The van der Waals surface area contributed by atoms with Crippen molar-refractivity contribution in [3.8, 4) is 0 Å². The number of likely N-dealkylation sites (tertiary alicyclic amines) is 1. The highest BCUT2D eigenvalue weighted by Gasteiger charge is 2.28. The molecule has 1 N–H and O–H groups in total. The van der Waals surface area contributed by atoms with Crippen molar-refractivity contribution in [2.75, 3.05) is 32.8 Å². The summed E-state index contributed by atoms with van der Waals surface area (Å²) in [7, 11) is 0. The van der Waals surface area contributed by atoms with Gasteiger partial charge in [-0.3, -0.25) is 4.90 Å². The maximum atomic E-state index is 5.93. The standard InChI is InChI=1S/C16H24N2O/c1-2-5-14(6-3-1)12-18-9-4-7-15(13-18)16-11-17-8-10-19-16/h1-3,5-6,15-17H,4,7-13H2. The highest BCUT2D eigenvalue weighted by atomic mass is 16.5. The molecule has 1 aromatic carbocycles. The third kappa shape index (κ3) is 3.56. The monoisotopic (exact) mass is 260 g/mol. The lowest BCUT2D eigenvalue weighted by molar-refractivity contribution is -0.0318. The van der Waals surface area contributed by atoms with Crippen LogP contribution in [0, 0.1) is 5.92 Å². The highest BCUT2D eigenvalue weighted by molar-refractivity contribution is 5.14. The van der Waals surface area contributed by atoms with E-state index in [0.29, 0.717) is 12.0 Å². The molecule has 1 aromatic rings. The zero-order valence-corrected chi connectivity index (χ0v) is 11.6. The van der Waals surface area contributed by atoms with Crippen LogP contribution in [0.3, 0.4) is 0 Å². The summed E-state index contributed by atoms with van der Waals surface area (Å²) in [5.41, 5.74) is 1.42. The smallest absolute Gasteiger partial charge is 0.0740 e. The van der Waals surface area contributed by atoms with Gasteiger partial charge in [-0.05, 0) is 30.9 Å². The van der Waals surface area contributed by atoms with Gasteiger partial charge in [-0.15, -0.1) is 0 Å². The zero-order chi connectivity index (χ0) is 12.9. The van der Waals surface area contributed by atoms with E-state index in [9.17, 15) is 0 Å². The fraction of sp³-hybridized carbons (Fsp3) is 0.625. The van der Waals surface area contributed by atoms with Gasteiger partial charge in [0.1, 0.15) is 0 Å². The van der Waals surface area contributed by atoms with Gasteiger partial charge in [0.05, 0.1) is 12.7 Å². The number of rotatable bonds is 3. The first-order valence-corrected chi connectivity index (χ1v) is 7.50. The van der Waals surface area contributed by atoms with Crippen LogP contribution in [0.25, 0.3) is 0 Å². The van der Waals surface area contributed by atoms with Gasteiger partial charge in [-0.1, -0.05) is 30.3 Å². The number of hydrogen-bond acceptors (Lipinski definition) is 3. The summed E-state index contributed by atoms with van der Waals surface area (Å²) in [5, 5.41) is 3.45. The summed E-state index contributed by atoms with van der Waals surface area (Å²) < 4.78 is 5.93. The number of morpholine rings is 1. The quantitative estimate of drug-likeness (QED) is 0.898. The molecule has 2 aliphatic heterocycles. The maximum Gasteiger partial charge on any atom is 0.0740 e. The van der Waals surface area contributed by atoms with E-state index in [4.69, 9.17) is 4.74 Å². The number of ether oxygens (including phenoxy) is 1. The van der Waals surface area contributed by atoms with Gasteiger partial charge in [0.25, 0.3) is 0 Å². The number of piperidine rings is 1. The first-order chi connectivity index (χ1) is 9.42. The highest BCUT2D eigenvalue weighted by Crippen LogP contribution is 2.23. The van der Waals surface area contributed by atoms with Gasteiger partial charge < -0.3 is 10.1 Å². The van der Waals surface area contributed by atoms with Gasteiger partial charge in [-0.2, -0.15) is 0 Å². The molecule has 0 spiro atoms. The van der Waals surface area contributed by atoms with Crippen LogP contribution >= 0.6 is 0 Å². The molecule has 0 aromatic heterocycles. The molecule has 2 aliphatic rings. The molecule has 2 atom stereocenters. The van der Waals surface area contributed by atoms with E-state index >= 15 is 0 Å². The summed E-state index contributed by atoms with van der Waals surface area (Å²) >= 11 is 0. The normalized spacial score (nSPS) is 29.3. The molecule has 2 saturated heterocycles. The molecule has 0 aliphatic carbocycles. The molecule has 2 unspecified atom stereocenters. The third-order valence-corrected chi connectivity index (χ3v) is 4.27. The fourth-order valence-electron chi connectivity index (χ4n) is 3.27. The predicted molar refractivity (Wildman–Crippen MR) is 77.1 cm³/mol. The topological polar surface area (TPSA) is 24.5 Å². The number of nitrogens with one attached hydrogen (secondary N) is 1. The first kappa shape index (κ1) is 13.1. The van der Waals surface area contributed by atoms with Crippen molar-refractivity contribution in [3.05, 3.63) is 35.9 Å². The van der Waals surface area contributed by atoms with Gasteiger partial charge in [0, 0.05) is 26.2 Å². The van der Waals surface area contributed by atoms with Crippen LogP contribution in [0.1, 0.15) is 18.4 Å². The minimum absolute atomic E-state index is 0.423. The number of hydrogen-bond donors (Lipinski definition) is 1. The largest absolute Gasteiger partial charge is 0.375 e. The zero-order valence-electron chi connectivity index (χ0n) is 11.6. The molecular weight excluding hydrogens is 236 g/mol. The van der Waals surface area contributed by atoms with Crippen LogP contribution in [0.4, 0.5) is 0 Å². The Morgan fingerprint density at radius 2 is 2.16 bits per heavy atom. The van der Waals surface area contributed by atoms with Crippen molar-refractivity contribution in [2.24, 2.45) is 5.92 Å². The minimum Gasteiger partial charge on any atom is -0.375 e. The van der Waals surface area contributed by atoms with E-state index in [1.165, 1.54) is 31.5 Å². The van der Waals surface area contributed by atoms with E-state index in [2.05, 4.69) is 40.5 Å². The predicted octanol–water partition coefficient (Wildman–Crippen LogP) is 1.89. The van der Waals surface area contributed by atoms with E-state index in [1.807, 2.05) is 0 Å². The number of nitrogens with zero attached hydrogens (tertiary/aromatic N) is 1. The van der Waals surface area contributed by atoms with Crippen molar-refractivity contribution >= 4 is 0 Å². The summed E-state index contributed by atoms with van der Waals surface area (Å²) in [5.74, 6) is 0.699. The van der Waals surface area contributed by atoms with Gasteiger partial charge in [-0.25, -0.2) is 0 Å². The molecule has 3 heteroatoms. The van der Waals surface area contributed by atoms with Crippen LogP contribution in [-0.2, 0) is 11.3 Å². The average molecular weight is 260 g/mol. The van der Waals surface area contributed by atoms with Gasteiger partial charge in [0.15, 0.2) is 0 Å². The van der Waals surface area contributed by atoms with Gasteiger partial charge >= 0.3 is 0 Å². The molecule has 3 rings (SSSR count). The van der Waals surface area contributed by atoms with E-state index in [-0.39, 0.29) is 0 Å². The average Bonchev–Trinajstić information content (AvgIpc) is 2.49. The van der Waals surface area contributed by atoms with Crippen molar-refractivity contribution in [1.29, 1.82) is 0 Å². The van der Waals surface area contributed by atoms with Crippen molar-refractivity contribution < 1.29 is 4.74 Å². The lowest BCUT2D eigenvalue weighted by atomic mass is 9.91. The second-order valence-corrected chi connectivity index (χ2v) is 5.74. The summed E-state index contributed by atoms with van der Waals surface area (Å²) in [6.07, 6.45) is 3.04. The Labute approximate surface area is 115 Å². The van der Waals surface area contributed by atoms with E-state index in [1.54, 1.807) is 0 Å². The second-order valence-electron chi connectivity index (χ2n) is 5.74. The summed E-state index contributed by atoms with van der Waals surface area (Å²) in [6, 6.07) is 10.8. The van der Waals surface area contributed by atoms with Gasteiger partial charge in [0.2, 0.25) is 0 Å². The van der Waals surface area contributed by atoms with E-state index in [0.717, 1.165) is 26.2 Å². The first-order valence-electron chi connectivity index (χ1n) is 7.50. The summed E-state index contributed by atoms with van der Waals surface area (Å²) in [4.78, 5) is 2.58. The van der Waals surface area contributed by atoms with Crippen LogP contribution in [-0.4, -0.2) is 43.8 Å². The Balaban J connectivity index is 1.55. The SMILES string of the molecule is c1ccc(CN2CCCC(C3CNCCO3)C2)cc1. The third-order valence-electron chi connectivity index (χ3n) is 4.27. The molecular formula is C16H24N2O. The molecule has 0 bridgehead atoms. The van der Waals surface area contributed by atoms with Crippen LogP contribution in [0.15, 0.2) is 30.3 Å². The molecule has 0 radical (unpaired) electrons. The van der Waals surface area contributed by atoms with Crippen LogP contribution < -0.4 is 5.32 Å². The molecule has 19 heavy (non-hydrogen) atoms. The Morgan fingerprint density at radius 3 is 2.95 bits per heavy atom. The Kier molecular flexibility index (Phi) is 4.49. The molecule has 0 amide bonds. The lowest BCUT2D eigenvalue weighted by Crippen LogP contribution is -2.48. The molecule has 104 valence electrons. The fourth-order valence-corrected chi connectivity index (χ4v) is 3.27. The van der Waals surface area contributed by atoms with Crippen LogP contribution in [0.5, 0.6) is 0 Å². The lowest BCUT2D eigenvalue weighted by Gasteiger charge is -2.38. The van der Waals surface area contributed by atoms with Crippen LogP contribution in [0.2, 0.25) is 0 Å². The molecule has 2 heterocycles. The van der Waals surface area contributed by atoms with Crippen molar-refractivity contribution in [2.45, 2.75) is 25.5 Å². The molecule has 0 saturated carbocycles.